The first-order valence-electron chi connectivity index (χ1n) is 12.2. The molecule has 1 saturated heterocycles. The van der Waals surface area contributed by atoms with Gasteiger partial charge >= 0.3 is 6.03 Å². The highest BCUT2D eigenvalue weighted by molar-refractivity contribution is 7.15. The summed E-state index contributed by atoms with van der Waals surface area (Å²) in [7, 11) is 0. The van der Waals surface area contributed by atoms with Gasteiger partial charge in [-0.05, 0) is 29.8 Å². The number of halogens is 1. The normalized spacial score (nSPS) is 14.2. The van der Waals surface area contributed by atoms with E-state index in [1.807, 2.05) is 41.4 Å². The summed E-state index contributed by atoms with van der Waals surface area (Å²) in [4.78, 5) is 23.0. The van der Waals surface area contributed by atoms with Gasteiger partial charge in [-0.2, -0.15) is 0 Å². The molecule has 2 aromatic heterocycles. The van der Waals surface area contributed by atoms with Gasteiger partial charge in [-0.1, -0.05) is 30.3 Å². The van der Waals surface area contributed by atoms with E-state index < -0.39 is 0 Å². The Kier molecular flexibility index (Phi) is 7.90. The van der Waals surface area contributed by atoms with Gasteiger partial charge < -0.3 is 15.0 Å². The second kappa shape index (κ2) is 11.6. The largest absolute Gasteiger partial charge is 0.379 e. The van der Waals surface area contributed by atoms with Crippen LogP contribution in [0.2, 0.25) is 0 Å². The molecule has 1 aliphatic rings. The fraction of sp³-hybridized carbons (Fsp3) is 0.333. The van der Waals surface area contributed by atoms with Gasteiger partial charge in [-0.15, -0.1) is 11.3 Å². The number of hydrogen-bond donors (Lipinski definition) is 1. The van der Waals surface area contributed by atoms with Crippen molar-refractivity contribution < 1.29 is 13.9 Å². The highest BCUT2D eigenvalue weighted by Gasteiger charge is 2.18. The van der Waals surface area contributed by atoms with Gasteiger partial charge in [0, 0.05) is 68.5 Å². The smallest absolute Gasteiger partial charge is 0.317 e. The number of carbonyl (C=O) groups is 1. The molecule has 1 N–H and O–H groups in total. The first-order valence-corrected chi connectivity index (χ1v) is 13.1. The molecule has 188 valence electrons. The minimum absolute atomic E-state index is 0.0591. The number of nitrogens with zero attached hydrogens (tertiary/aromatic N) is 4. The summed E-state index contributed by atoms with van der Waals surface area (Å²) in [6, 6.07) is 16.3. The molecule has 0 atom stereocenters. The molecule has 9 heteroatoms. The Morgan fingerprint density at radius 3 is 2.64 bits per heavy atom. The molecule has 0 radical (unpaired) electrons. The number of imidazole rings is 1. The standard InChI is InChI=1S/C27H30FN5O2S/c28-23-8-6-22(7-9-23)25-19-33-24(20-36-27(33)30-25)10-11-32(13-12-31-14-16-35-17-15-31)26(34)29-18-21-4-2-1-3-5-21/h1-9,19-20H,10-18H2,(H,29,34). The molecule has 1 aliphatic heterocycles. The second-order valence-corrected chi connectivity index (χ2v) is 9.68. The average Bonchev–Trinajstić information content (AvgIpc) is 3.50. The molecule has 5 rings (SSSR count). The zero-order valence-electron chi connectivity index (χ0n) is 20.1. The van der Waals surface area contributed by atoms with E-state index in [-0.39, 0.29) is 11.8 Å². The van der Waals surface area contributed by atoms with Crippen LogP contribution in [0.4, 0.5) is 9.18 Å². The van der Waals surface area contributed by atoms with Crippen LogP contribution < -0.4 is 5.32 Å². The molecule has 0 unspecified atom stereocenters. The van der Waals surface area contributed by atoms with Crippen molar-refractivity contribution in [3.63, 3.8) is 0 Å². The number of benzene rings is 2. The molecular formula is C27H30FN5O2S. The molecule has 0 spiro atoms. The van der Waals surface area contributed by atoms with E-state index >= 15 is 0 Å². The summed E-state index contributed by atoms with van der Waals surface area (Å²) in [6.07, 6.45) is 2.70. The quantitative estimate of drug-likeness (QED) is 0.367. The number of thiazole rings is 1. The number of rotatable bonds is 9. The third-order valence-corrected chi connectivity index (χ3v) is 7.31. The van der Waals surface area contributed by atoms with Gasteiger partial charge in [-0.3, -0.25) is 9.30 Å². The Bertz CT molecular complexity index is 1270. The lowest BCUT2D eigenvalue weighted by molar-refractivity contribution is 0.0349. The fourth-order valence-electron chi connectivity index (χ4n) is 4.31. The van der Waals surface area contributed by atoms with Gasteiger partial charge in [0.15, 0.2) is 4.96 Å². The number of morpholine rings is 1. The van der Waals surface area contributed by atoms with Gasteiger partial charge in [0.1, 0.15) is 5.82 Å². The Morgan fingerprint density at radius 1 is 1.08 bits per heavy atom. The zero-order valence-corrected chi connectivity index (χ0v) is 20.9. The van der Waals surface area contributed by atoms with E-state index in [4.69, 9.17) is 9.72 Å². The molecule has 3 heterocycles. The van der Waals surface area contributed by atoms with E-state index in [0.717, 1.165) is 60.3 Å². The fourth-order valence-corrected chi connectivity index (χ4v) is 5.21. The van der Waals surface area contributed by atoms with Crippen molar-refractivity contribution in [2.24, 2.45) is 0 Å². The van der Waals surface area contributed by atoms with E-state index in [0.29, 0.717) is 26.1 Å². The van der Waals surface area contributed by atoms with Crippen LogP contribution >= 0.6 is 11.3 Å². The van der Waals surface area contributed by atoms with Gasteiger partial charge in [0.2, 0.25) is 0 Å². The summed E-state index contributed by atoms with van der Waals surface area (Å²) < 4.78 is 20.8. The molecule has 0 bridgehead atoms. The van der Waals surface area contributed by atoms with Crippen LogP contribution in [0.3, 0.4) is 0 Å². The van der Waals surface area contributed by atoms with Crippen molar-refractivity contribution in [3.8, 4) is 11.3 Å². The minimum Gasteiger partial charge on any atom is -0.379 e. The summed E-state index contributed by atoms with van der Waals surface area (Å²) >= 11 is 1.57. The number of fused-ring (bicyclic) bond motifs is 1. The SMILES string of the molecule is O=C(NCc1ccccc1)N(CCc1csc2nc(-c3ccc(F)cc3)cn12)CCN1CCOCC1. The van der Waals surface area contributed by atoms with Crippen molar-refractivity contribution >= 4 is 22.3 Å². The molecule has 1 fully saturated rings. The van der Waals surface area contributed by atoms with Crippen LogP contribution in [0.15, 0.2) is 66.2 Å². The number of hydrogen-bond acceptors (Lipinski definition) is 5. The van der Waals surface area contributed by atoms with E-state index in [1.165, 1.54) is 12.1 Å². The summed E-state index contributed by atoms with van der Waals surface area (Å²) in [5.41, 5.74) is 3.87. The van der Waals surface area contributed by atoms with Crippen LogP contribution in [-0.4, -0.2) is 71.2 Å². The lowest BCUT2D eigenvalue weighted by Crippen LogP contribution is -2.46. The Morgan fingerprint density at radius 2 is 1.86 bits per heavy atom. The topological polar surface area (TPSA) is 62.1 Å². The highest BCUT2D eigenvalue weighted by atomic mass is 32.1. The number of ether oxygens (including phenoxy) is 1. The minimum atomic E-state index is -0.261. The maximum absolute atomic E-state index is 13.3. The van der Waals surface area contributed by atoms with E-state index in [9.17, 15) is 9.18 Å². The monoisotopic (exact) mass is 507 g/mol. The molecule has 4 aromatic rings. The molecule has 0 aliphatic carbocycles. The predicted molar refractivity (Wildman–Crippen MR) is 140 cm³/mol. The number of nitrogens with one attached hydrogen (secondary N) is 1. The lowest BCUT2D eigenvalue weighted by atomic mass is 10.2. The van der Waals surface area contributed by atoms with Gasteiger partial charge in [0.25, 0.3) is 0 Å². The van der Waals surface area contributed by atoms with Crippen LogP contribution in [0, 0.1) is 5.82 Å². The highest BCUT2D eigenvalue weighted by Crippen LogP contribution is 2.24. The first-order chi connectivity index (χ1) is 17.7. The van der Waals surface area contributed by atoms with Crippen molar-refractivity contribution in [2.45, 2.75) is 13.0 Å². The second-order valence-electron chi connectivity index (χ2n) is 8.85. The summed E-state index contributed by atoms with van der Waals surface area (Å²) in [5, 5.41) is 5.18. The lowest BCUT2D eigenvalue weighted by Gasteiger charge is -2.30. The number of urea groups is 1. The van der Waals surface area contributed by atoms with Crippen LogP contribution in [0.5, 0.6) is 0 Å². The third kappa shape index (κ3) is 6.10. The van der Waals surface area contributed by atoms with Gasteiger partial charge in [0.05, 0.1) is 18.9 Å². The summed E-state index contributed by atoms with van der Waals surface area (Å²) in [5.74, 6) is -0.261. The Labute approximate surface area is 214 Å². The summed E-state index contributed by atoms with van der Waals surface area (Å²) in [6.45, 7) is 5.84. The Hall–Kier alpha value is -3.27. The Balaban J connectivity index is 1.26. The van der Waals surface area contributed by atoms with Crippen molar-refractivity contribution in [1.29, 1.82) is 0 Å². The van der Waals surface area contributed by atoms with Crippen LogP contribution in [0.1, 0.15) is 11.3 Å². The number of amides is 2. The number of aromatic nitrogens is 2. The third-order valence-electron chi connectivity index (χ3n) is 6.42. The first kappa shape index (κ1) is 24.4. The van der Waals surface area contributed by atoms with Gasteiger partial charge in [-0.25, -0.2) is 14.2 Å². The van der Waals surface area contributed by atoms with Crippen molar-refractivity contribution in [2.75, 3.05) is 45.9 Å². The molecule has 2 amide bonds. The van der Waals surface area contributed by atoms with Crippen LogP contribution in [0.25, 0.3) is 16.2 Å². The van der Waals surface area contributed by atoms with Crippen LogP contribution in [-0.2, 0) is 17.7 Å². The van der Waals surface area contributed by atoms with Crippen molar-refractivity contribution in [3.05, 3.63) is 83.2 Å². The molecule has 36 heavy (non-hydrogen) atoms. The molecule has 7 nitrogen and oxygen atoms in total. The average molecular weight is 508 g/mol. The van der Waals surface area contributed by atoms with E-state index in [1.54, 1.807) is 23.5 Å². The predicted octanol–water partition coefficient (Wildman–Crippen LogP) is 4.29. The number of carbonyl (C=O) groups excluding carboxylic acids is 1. The molecular weight excluding hydrogens is 477 g/mol. The molecule has 2 aromatic carbocycles. The maximum atomic E-state index is 13.3. The zero-order chi connectivity index (χ0) is 24.7. The van der Waals surface area contributed by atoms with Crippen molar-refractivity contribution in [1.82, 2.24) is 24.5 Å². The maximum Gasteiger partial charge on any atom is 0.317 e. The van der Waals surface area contributed by atoms with E-state index in [2.05, 4.69) is 20.0 Å². The molecule has 0 saturated carbocycles.